The van der Waals surface area contributed by atoms with E-state index in [1.54, 1.807) is 14.2 Å². The van der Waals surface area contributed by atoms with Gasteiger partial charge in [0.25, 0.3) is 0 Å². The van der Waals surface area contributed by atoms with Crippen molar-refractivity contribution in [2.45, 2.75) is 5.92 Å². The van der Waals surface area contributed by atoms with Crippen LogP contribution in [0.3, 0.4) is 0 Å². The molecular weight excluding hydrogens is 645 g/mol. The maximum Gasteiger partial charge on any atom is 0.132 e. The molecule has 1 aliphatic heterocycles. The van der Waals surface area contributed by atoms with E-state index in [4.69, 9.17) is 23.7 Å². The number of hydrogen-bond donors (Lipinski definition) is 0. The van der Waals surface area contributed by atoms with Gasteiger partial charge in [-0.25, -0.2) is 0 Å². The molecule has 0 saturated heterocycles. The molecule has 9 rings (SSSR count). The van der Waals surface area contributed by atoms with Gasteiger partial charge in [-0.15, -0.1) is 0 Å². The van der Waals surface area contributed by atoms with Crippen molar-refractivity contribution in [2.24, 2.45) is 0 Å². The minimum Gasteiger partial charge on any atom is -0.497 e. The molecule has 0 radical (unpaired) electrons. The minimum atomic E-state index is -0.0994. The van der Waals surface area contributed by atoms with Gasteiger partial charge in [0.15, 0.2) is 0 Å². The van der Waals surface area contributed by atoms with Crippen LogP contribution in [0, 0.1) is 0 Å². The molecule has 0 amide bonds. The van der Waals surface area contributed by atoms with Crippen molar-refractivity contribution in [1.82, 2.24) is 0 Å². The quantitative estimate of drug-likeness (QED) is 0.160. The van der Waals surface area contributed by atoms with Gasteiger partial charge < -0.3 is 23.7 Å². The molecule has 52 heavy (non-hydrogen) atoms. The summed E-state index contributed by atoms with van der Waals surface area (Å²) in [7, 11) is 3.32. The highest BCUT2D eigenvalue weighted by atomic mass is 16.5. The average molecular weight is 679 g/mol. The first-order valence-electron chi connectivity index (χ1n) is 17.2. The molecule has 0 atom stereocenters. The molecule has 8 aromatic rings. The summed E-state index contributed by atoms with van der Waals surface area (Å²) >= 11 is 0. The second-order valence-electron chi connectivity index (χ2n) is 12.8. The molecule has 0 spiro atoms. The fraction of sp³-hybridized carbons (Fsp3) is 0.0638. The van der Waals surface area contributed by atoms with Crippen molar-refractivity contribution < 1.29 is 23.7 Å². The third-order valence-corrected chi connectivity index (χ3v) is 9.72. The van der Waals surface area contributed by atoms with Crippen LogP contribution in [0.25, 0.3) is 32.7 Å². The largest absolute Gasteiger partial charge is 0.497 e. The second-order valence-corrected chi connectivity index (χ2v) is 12.8. The number of methoxy groups -OCH3 is 2. The lowest BCUT2D eigenvalue weighted by molar-refractivity contribution is 0.413. The van der Waals surface area contributed by atoms with Crippen LogP contribution in [0.5, 0.6) is 46.0 Å². The maximum absolute atomic E-state index is 6.75. The first-order valence-corrected chi connectivity index (χ1v) is 17.2. The molecule has 1 heterocycles. The third-order valence-electron chi connectivity index (χ3n) is 9.72. The Hall–Kier alpha value is -6.72. The summed E-state index contributed by atoms with van der Waals surface area (Å²) in [5.74, 6) is 6.17. The van der Waals surface area contributed by atoms with E-state index in [0.29, 0.717) is 0 Å². The molecule has 5 heteroatoms. The molecule has 0 unspecified atom stereocenters. The Labute approximate surface area is 302 Å². The zero-order valence-corrected chi connectivity index (χ0v) is 28.7. The Balaban J connectivity index is 1.16. The Morgan fingerprint density at radius 1 is 0.404 bits per heavy atom. The number of benzene rings is 8. The average Bonchev–Trinajstić information content (AvgIpc) is 3.20. The summed E-state index contributed by atoms with van der Waals surface area (Å²) in [6.07, 6.45) is 0. The van der Waals surface area contributed by atoms with Crippen molar-refractivity contribution >= 4 is 21.5 Å². The van der Waals surface area contributed by atoms with Crippen LogP contribution in [0.1, 0.15) is 22.6 Å². The number of ether oxygens (including phenoxy) is 5. The molecule has 252 valence electrons. The smallest absolute Gasteiger partial charge is 0.132 e. The van der Waals surface area contributed by atoms with Crippen molar-refractivity contribution in [3.63, 3.8) is 0 Å². The minimum absolute atomic E-state index is 0.0994. The fourth-order valence-electron chi connectivity index (χ4n) is 7.18. The van der Waals surface area contributed by atoms with Crippen LogP contribution in [0.4, 0.5) is 0 Å². The molecule has 0 N–H and O–H groups in total. The van der Waals surface area contributed by atoms with E-state index in [1.165, 1.54) is 16.7 Å². The number of rotatable bonds is 8. The van der Waals surface area contributed by atoms with Gasteiger partial charge in [-0.1, -0.05) is 78.9 Å². The molecule has 0 aliphatic carbocycles. The van der Waals surface area contributed by atoms with Crippen LogP contribution in [-0.2, 0) is 0 Å². The molecule has 8 aromatic carbocycles. The van der Waals surface area contributed by atoms with Gasteiger partial charge in [-0.2, -0.15) is 0 Å². The highest BCUT2D eigenvalue weighted by Crippen LogP contribution is 2.53. The van der Waals surface area contributed by atoms with Crippen molar-refractivity contribution in [3.8, 4) is 57.1 Å². The topological polar surface area (TPSA) is 46.2 Å². The van der Waals surface area contributed by atoms with Crippen LogP contribution < -0.4 is 23.7 Å². The van der Waals surface area contributed by atoms with E-state index >= 15 is 0 Å². The number of fused-ring (bicyclic) bond motifs is 6. The SMILES string of the molecule is COc1ccc(Oc2ccc3c4c(ccc3c2)Oc2ccc3cc(Oc5ccc(OC)cc5)ccc3c2C4c2ccc(-c3ccccc3)cc2)cc1. The standard InChI is InChI=1S/C47H34O5/c1-48-35-14-18-37(19-15-35)50-39-22-24-41-33(28-39)12-26-43-46(41)45(32-10-8-31(9-11-32)30-6-4-3-5-7-30)47-42-25-23-40(29-34(42)13-27-44(47)52-43)51-38-20-16-36(49-2)17-21-38/h3-29,45H,1-2H3. The van der Waals surface area contributed by atoms with E-state index < -0.39 is 0 Å². The van der Waals surface area contributed by atoms with Crippen molar-refractivity contribution in [3.05, 3.63) is 180 Å². The van der Waals surface area contributed by atoms with Gasteiger partial charge in [0.2, 0.25) is 0 Å². The third kappa shape index (κ3) is 5.82. The van der Waals surface area contributed by atoms with E-state index in [1.807, 2.05) is 66.7 Å². The van der Waals surface area contributed by atoms with E-state index in [9.17, 15) is 0 Å². The second kappa shape index (κ2) is 13.2. The summed E-state index contributed by atoms with van der Waals surface area (Å²) in [5.41, 5.74) is 5.79. The molecule has 0 saturated carbocycles. The van der Waals surface area contributed by atoms with E-state index in [0.717, 1.165) is 78.7 Å². The van der Waals surface area contributed by atoms with Gasteiger partial charge in [0, 0.05) is 17.0 Å². The summed E-state index contributed by atoms with van der Waals surface area (Å²) in [6.45, 7) is 0. The molecular formula is C47H34O5. The molecule has 1 aliphatic rings. The Morgan fingerprint density at radius 2 is 0.846 bits per heavy atom. The lowest BCUT2D eigenvalue weighted by Crippen LogP contribution is -2.13. The lowest BCUT2D eigenvalue weighted by Gasteiger charge is -2.31. The maximum atomic E-state index is 6.75. The normalized spacial score (nSPS) is 12.1. The van der Waals surface area contributed by atoms with Crippen LogP contribution >= 0.6 is 0 Å². The van der Waals surface area contributed by atoms with E-state index in [2.05, 4.69) is 97.1 Å². The van der Waals surface area contributed by atoms with Gasteiger partial charge in [0.05, 0.1) is 14.2 Å². The number of hydrogen-bond acceptors (Lipinski definition) is 5. The zero-order valence-electron chi connectivity index (χ0n) is 28.7. The monoisotopic (exact) mass is 678 g/mol. The first-order chi connectivity index (χ1) is 25.6. The molecule has 0 aromatic heterocycles. The van der Waals surface area contributed by atoms with Crippen molar-refractivity contribution in [1.29, 1.82) is 0 Å². The summed E-state index contributed by atoms with van der Waals surface area (Å²) < 4.78 is 29.9. The van der Waals surface area contributed by atoms with Gasteiger partial charge in [-0.3, -0.25) is 0 Å². The zero-order chi connectivity index (χ0) is 35.0. The summed E-state index contributed by atoms with van der Waals surface area (Å²) in [5, 5.41) is 4.36. The molecule has 0 bridgehead atoms. The Morgan fingerprint density at radius 3 is 1.33 bits per heavy atom. The van der Waals surface area contributed by atoms with Crippen molar-refractivity contribution in [2.75, 3.05) is 14.2 Å². The lowest BCUT2D eigenvalue weighted by atomic mass is 9.78. The summed E-state index contributed by atoms with van der Waals surface area (Å²) in [6, 6.07) is 55.6. The van der Waals surface area contributed by atoms with Gasteiger partial charge in [0.1, 0.15) is 46.0 Å². The Kier molecular flexibility index (Phi) is 7.94. The van der Waals surface area contributed by atoms with Crippen LogP contribution in [0.2, 0.25) is 0 Å². The molecule has 5 nitrogen and oxygen atoms in total. The van der Waals surface area contributed by atoms with Gasteiger partial charge >= 0.3 is 0 Å². The summed E-state index contributed by atoms with van der Waals surface area (Å²) in [4.78, 5) is 0. The van der Waals surface area contributed by atoms with Crippen LogP contribution in [-0.4, -0.2) is 14.2 Å². The highest BCUT2D eigenvalue weighted by molar-refractivity contribution is 5.96. The Bertz CT molecular complexity index is 2400. The first kappa shape index (κ1) is 31.3. The highest BCUT2D eigenvalue weighted by Gasteiger charge is 2.32. The van der Waals surface area contributed by atoms with Gasteiger partial charge in [-0.05, 0) is 123 Å². The fourth-order valence-corrected chi connectivity index (χ4v) is 7.18. The molecule has 0 fully saturated rings. The predicted octanol–water partition coefficient (Wildman–Crippen LogP) is 12.5. The van der Waals surface area contributed by atoms with E-state index in [-0.39, 0.29) is 5.92 Å². The van der Waals surface area contributed by atoms with Crippen LogP contribution in [0.15, 0.2) is 164 Å². The predicted molar refractivity (Wildman–Crippen MR) is 207 cm³/mol.